The van der Waals surface area contributed by atoms with E-state index in [9.17, 15) is 0 Å². The largest absolute Gasteiger partial charge is 0.332 e. The van der Waals surface area contributed by atoms with Gasteiger partial charge in [0, 0.05) is 10.9 Å². The van der Waals surface area contributed by atoms with Gasteiger partial charge in [0.05, 0.1) is 5.54 Å². The highest BCUT2D eigenvalue weighted by molar-refractivity contribution is 7.13. The SMILES string of the molecule is CC(C)c1ccc(-c2nc(-c3nc(C4(N)CCC4)no3)cs2)cc1.Cl. The molecule has 2 N–H and O–H groups in total. The van der Waals surface area contributed by atoms with Crippen molar-refractivity contribution in [3.05, 3.63) is 41.0 Å². The molecule has 0 atom stereocenters. The van der Waals surface area contributed by atoms with Crippen molar-refractivity contribution in [2.45, 2.75) is 44.6 Å². The molecule has 0 saturated heterocycles. The third-order valence-electron chi connectivity index (χ3n) is 4.66. The number of aromatic nitrogens is 3. The summed E-state index contributed by atoms with van der Waals surface area (Å²) >= 11 is 1.58. The Kier molecular flexibility index (Phi) is 4.95. The van der Waals surface area contributed by atoms with Gasteiger partial charge in [0.1, 0.15) is 10.7 Å². The molecule has 0 unspecified atom stereocenters. The van der Waals surface area contributed by atoms with Crippen molar-refractivity contribution in [2.75, 3.05) is 0 Å². The number of thiazole rings is 1. The van der Waals surface area contributed by atoms with Crippen LogP contribution in [-0.2, 0) is 5.54 Å². The van der Waals surface area contributed by atoms with Crippen LogP contribution in [0.1, 0.15) is 50.4 Å². The van der Waals surface area contributed by atoms with Crippen molar-refractivity contribution in [2.24, 2.45) is 5.73 Å². The Balaban J connectivity index is 0.00000182. The van der Waals surface area contributed by atoms with E-state index in [1.807, 2.05) is 5.38 Å². The first-order valence-corrected chi connectivity index (χ1v) is 9.12. The fourth-order valence-electron chi connectivity index (χ4n) is 2.83. The molecule has 1 aromatic carbocycles. The van der Waals surface area contributed by atoms with Crippen LogP contribution >= 0.6 is 23.7 Å². The van der Waals surface area contributed by atoms with Gasteiger partial charge in [-0.1, -0.05) is 43.3 Å². The number of benzene rings is 1. The molecule has 4 rings (SSSR count). The van der Waals surface area contributed by atoms with Crippen molar-refractivity contribution < 1.29 is 4.52 Å². The van der Waals surface area contributed by atoms with E-state index in [2.05, 4.69) is 53.2 Å². The Morgan fingerprint density at radius 3 is 2.48 bits per heavy atom. The van der Waals surface area contributed by atoms with E-state index in [4.69, 9.17) is 10.3 Å². The van der Waals surface area contributed by atoms with Crippen LogP contribution < -0.4 is 5.73 Å². The molecular formula is C18H21ClN4OS. The zero-order valence-corrected chi connectivity index (χ0v) is 15.9. The van der Waals surface area contributed by atoms with E-state index in [1.54, 1.807) is 11.3 Å². The van der Waals surface area contributed by atoms with Crippen LogP contribution in [0.3, 0.4) is 0 Å². The Bertz CT molecular complexity index is 852. The quantitative estimate of drug-likeness (QED) is 0.711. The van der Waals surface area contributed by atoms with Crippen molar-refractivity contribution in [3.63, 3.8) is 0 Å². The zero-order chi connectivity index (χ0) is 16.7. The topological polar surface area (TPSA) is 77.8 Å². The third-order valence-corrected chi connectivity index (χ3v) is 5.56. The van der Waals surface area contributed by atoms with Crippen LogP contribution in [0.4, 0.5) is 0 Å². The molecule has 2 aromatic heterocycles. The minimum absolute atomic E-state index is 0. The molecule has 0 spiro atoms. The number of hydrogen-bond acceptors (Lipinski definition) is 6. The first-order chi connectivity index (χ1) is 11.5. The van der Waals surface area contributed by atoms with Gasteiger partial charge in [-0.2, -0.15) is 4.98 Å². The van der Waals surface area contributed by atoms with Gasteiger partial charge in [-0.05, 0) is 30.7 Å². The summed E-state index contributed by atoms with van der Waals surface area (Å²) < 4.78 is 5.38. The second-order valence-electron chi connectivity index (χ2n) is 6.75. The Morgan fingerprint density at radius 2 is 1.88 bits per heavy atom. The summed E-state index contributed by atoms with van der Waals surface area (Å²) in [5.74, 6) is 1.57. The molecule has 1 fully saturated rings. The highest BCUT2D eigenvalue weighted by atomic mass is 35.5. The first-order valence-electron chi connectivity index (χ1n) is 8.24. The molecule has 3 aromatic rings. The molecule has 0 amide bonds. The van der Waals surface area contributed by atoms with Gasteiger partial charge in [-0.3, -0.25) is 0 Å². The average Bonchev–Trinajstić information content (AvgIpc) is 3.22. The summed E-state index contributed by atoms with van der Waals surface area (Å²) in [4.78, 5) is 9.11. The van der Waals surface area contributed by atoms with Crippen molar-refractivity contribution in [1.82, 2.24) is 15.1 Å². The molecule has 2 heterocycles. The zero-order valence-electron chi connectivity index (χ0n) is 14.2. The molecule has 1 aliphatic carbocycles. The molecule has 1 aliphatic rings. The highest BCUT2D eigenvalue weighted by Gasteiger charge is 2.39. The summed E-state index contributed by atoms with van der Waals surface area (Å²) in [5, 5.41) is 6.95. The summed E-state index contributed by atoms with van der Waals surface area (Å²) in [7, 11) is 0. The third kappa shape index (κ3) is 3.34. The van der Waals surface area contributed by atoms with Gasteiger partial charge in [0.2, 0.25) is 0 Å². The van der Waals surface area contributed by atoms with Gasteiger partial charge >= 0.3 is 0 Å². The van der Waals surface area contributed by atoms with Crippen LogP contribution in [0, 0.1) is 0 Å². The predicted octanol–water partition coefficient (Wildman–Crippen LogP) is 4.74. The maximum Gasteiger partial charge on any atom is 0.277 e. The molecule has 0 aliphatic heterocycles. The van der Waals surface area contributed by atoms with E-state index in [-0.39, 0.29) is 12.4 Å². The first kappa shape index (κ1) is 18.0. The lowest BCUT2D eigenvalue weighted by molar-refractivity contribution is 0.229. The van der Waals surface area contributed by atoms with Crippen LogP contribution in [0.25, 0.3) is 22.2 Å². The maximum absolute atomic E-state index is 6.25. The Labute approximate surface area is 157 Å². The molecule has 0 radical (unpaired) electrons. The predicted molar refractivity (Wildman–Crippen MR) is 102 cm³/mol. The van der Waals surface area contributed by atoms with Gasteiger partial charge < -0.3 is 10.3 Å². The smallest absolute Gasteiger partial charge is 0.277 e. The minimum Gasteiger partial charge on any atom is -0.332 e. The maximum atomic E-state index is 6.25. The highest BCUT2D eigenvalue weighted by Crippen LogP contribution is 2.38. The van der Waals surface area contributed by atoms with Gasteiger partial charge in [-0.25, -0.2) is 4.98 Å². The van der Waals surface area contributed by atoms with Crippen molar-refractivity contribution in [3.8, 4) is 22.2 Å². The monoisotopic (exact) mass is 376 g/mol. The van der Waals surface area contributed by atoms with E-state index >= 15 is 0 Å². The van der Waals surface area contributed by atoms with E-state index in [0.29, 0.717) is 23.3 Å². The normalized spacial score (nSPS) is 15.7. The molecule has 1 saturated carbocycles. The lowest BCUT2D eigenvalue weighted by atomic mass is 9.77. The van der Waals surface area contributed by atoms with Crippen molar-refractivity contribution in [1.29, 1.82) is 0 Å². The number of nitrogens with two attached hydrogens (primary N) is 1. The fraction of sp³-hybridized carbons (Fsp3) is 0.389. The summed E-state index contributed by atoms with van der Waals surface area (Å²) in [6.45, 7) is 4.38. The van der Waals surface area contributed by atoms with E-state index in [0.717, 1.165) is 29.8 Å². The number of rotatable bonds is 4. The number of hydrogen-bond donors (Lipinski definition) is 1. The molecule has 132 valence electrons. The number of halogens is 1. The van der Waals surface area contributed by atoms with Gasteiger partial charge in [0.25, 0.3) is 5.89 Å². The van der Waals surface area contributed by atoms with Gasteiger partial charge in [0.15, 0.2) is 5.82 Å². The molecule has 25 heavy (non-hydrogen) atoms. The summed E-state index contributed by atoms with van der Waals surface area (Å²) in [6, 6.07) is 8.53. The summed E-state index contributed by atoms with van der Waals surface area (Å²) in [6.07, 6.45) is 2.95. The van der Waals surface area contributed by atoms with Crippen LogP contribution in [0.2, 0.25) is 0 Å². The molecular weight excluding hydrogens is 356 g/mol. The van der Waals surface area contributed by atoms with Crippen LogP contribution in [0.15, 0.2) is 34.2 Å². The van der Waals surface area contributed by atoms with Crippen LogP contribution in [-0.4, -0.2) is 15.1 Å². The Hall–Kier alpha value is -1.76. The molecule has 7 heteroatoms. The second-order valence-corrected chi connectivity index (χ2v) is 7.61. The van der Waals surface area contributed by atoms with Gasteiger partial charge in [-0.15, -0.1) is 23.7 Å². The lowest BCUT2D eigenvalue weighted by Crippen LogP contribution is -2.44. The van der Waals surface area contributed by atoms with E-state index in [1.165, 1.54) is 5.56 Å². The van der Waals surface area contributed by atoms with Crippen LogP contribution in [0.5, 0.6) is 0 Å². The number of nitrogens with zero attached hydrogens (tertiary/aromatic N) is 3. The minimum atomic E-state index is -0.409. The van der Waals surface area contributed by atoms with E-state index < -0.39 is 5.54 Å². The summed E-state index contributed by atoms with van der Waals surface area (Å²) in [5.41, 5.74) is 8.98. The second kappa shape index (κ2) is 6.86. The fourth-order valence-corrected chi connectivity index (χ4v) is 3.63. The Morgan fingerprint density at radius 1 is 1.16 bits per heavy atom. The standard InChI is InChI=1S/C18H20N4OS.ClH/c1-11(2)12-4-6-13(7-5-12)16-20-14(10-24-16)15-21-17(22-23-15)18(19)8-3-9-18;/h4-7,10-11H,3,8-9,19H2,1-2H3;1H. The molecule has 0 bridgehead atoms. The lowest BCUT2D eigenvalue weighted by Gasteiger charge is -2.34. The average molecular weight is 377 g/mol. The molecule has 5 nitrogen and oxygen atoms in total. The van der Waals surface area contributed by atoms with Crippen molar-refractivity contribution >= 4 is 23.7 Å².